The summed E-state index contributed by atoms with van der Waals surface area (Å²) in [5.41, 5.74) is 1.07. The highest BCUT2D eigenvalue weighted by Gasteiger charge is 2.22. The minimum Gasteiger partial charge on any atom is -0.242 e. The quantitative estimate of drug-likeness (QED) is 0.814. The van der Waals surface area contributed by atoms with Gasteiger partial charge in [0.05, 0.1) is 15.7 Å². The van der Waals surface area contributed by atoms with Crippen LogP contribution in [0.25, 0.3) is 0 Å². The monoisotopic (exact) mass is 285 g/mol. The molecule has 0 aromatic heterocycles. The van der Waals surface area contributed by atoms with Crippen LogP contribution in [0, 0.1) is 0 Å². The van der Waals surface area contributed by atoms with E-state index >= 15 is 0 Å². The Morgan fingerprint density at radius 3 is 2.39 bits per heavy atom. The molecule has 2 atom stereocenters. The van der Waals surface area contributed by atoms with Gasteiger partial charge in [-0.2, -0.15) is 0 Å². The highest BCUT2D eigenvalue weighted by Crippen LogP contribution is 2.22. The van der Waals surface area contributed by atoms with Crippen molar-refractivity contribution in [3.63, 3.8) is 0 Å². The summed E-state index contributed by atoms with van der Waals surface area (Å²) in [7, 11) is -1.11. The van der Waals surface area contributed by atoms with Crippen LogP contribution < -0.4 is 4.72 Å². The highest BCUT2D eigenvalue weighted by molar-refractivity contribution is 7.84. The number of nitrogens with one attached hydrogen (secondary N) is 1. The molecular formula is C14H20ClNOS. The molecule has 0 fully saturated rings. The molecule has 0 heterocycles. The van der Waals surface area contributed by atoms with Crippen LogP contribution in [0.5, 0.6) is 0 Å². The smallest absolute Gasteiger partial charge is 0.0976 e. The normalized spacial score (nSPS) is 15.1. The fraction of sp³-hybridized carbons (Fsp3) is 0.429. The third-order valence-corrected chi connectivity index (χ3v) is 4.34. The first-order valence-electron chi connectivity index (χ1n) is 5.89. The molecule has 0 amide bonds. The van der Waals surface area contributed by atoms with E-state index < -0.39 is 11.0 Å². The van der Waals surface area contributed by atoms with Crippen LogP contribution in [0.3, 0.4) is 0 Å². The number of halogens is 1. The highest BCUT2D eigenvalue weighted by atomic mass is 35.5. The number of rotatable bonds is 5. The molecule has 18 heavy (non-hydrogen) atoms. The predicted octanol–water partition coefficient (Wildman–Crippen LogP) is 4.01. The largest absolute Gasteiger partial charge is 0.242 e. The third-order valence-electron chi connectivity index (χ3n) is 2.48. The van der Waals surface area contributed by atoms with E-state index in [9.17, 15) is 4.21 Å². The van der Waals surface area contributed by atoms with Crippen molar-refractivity contribution in [2.45, 2.75) is 38.0 Å². The van der Waals surface area contributed by atoms with Crippen molar-refractivity contribution < 1.29 is 4.21 Å². The predicted molar refractivity (Wildman–Crippen MR) is 80.0 cm³/mol. The molecular weight excluding hydrogens is 266 g/mol. The van der Waals surface area contributed by atoms with Gasteiger partial charge in [-0.05, 0) is 44.9 Å². The number of hydrogen-bond donors (Lipinski definition) is 1. The van der Waals surface area contributed by atoms with Gasteiger partial charge >= 0.3 is 0 Å². The van der Waals surface area contributed by atoms with E-state index in [0.717, 1.165) is 12.0 Å². The van der Waals surface area contributed by atoms with Crippen molar-refractivity contribution in [2.24, 2.45) is 0 Å². The van der Waals surface area contributed by atoms with Gasteiger partial charge in [0.25, 0.3) is 0 Å². The molecule has 100 valence electrons. The number of benzene rings is 1. The molecule has 1 aromatic carbocycles. The summed E-state index contributed by atoms with van der Waals surface area (Å²) in [6, 6.07) is 7.58. The van der Waals surface area contributed by atoms with Gasteiger partial charge in [0.1, 0.15) is 0 Å². The fourth-order valence-corrected chi connectivity index (χ4v) is 2.39. The summed E-state index contributed by atoms with van der Waals surface area (Å²) in [4.78, 5) is 0. The van der Waals surface area contributed by atoms with Crippen LogP contribution in [0.15, 0.2) is 36.9 Å². The maximum atomic E-state index is 12.1. The number of hydrogen-bond acceptors (Lipinski definition) is 1. The molecule has 1 rings (SSSR count). The van der Waals surface area contributed by atoms with Gasteiger partial charge in [0.2, 0.25) is 0 Å². The molecule has 0 aliphatic rings. The molecule has 1 aromatic rings. The Hall–Kier alpha value is -0.640. The first kappa shape index (κ1) is 15.4. The lowest BCUT2D eigenvalue weighted by molar-refractivity contribution is 0.602. The summed E-state index contributed by atoms with van der Waals surface area (Å²) in [6.45, 7) is 9.59. The SMILES string of the molecule is C=CC[C@@H](NS(=O)C(C)(C)C)c1ccc(Cl)cc1. The average molecular weight is 286 g/mol. The van der Waals surface area contributed by atoms with E-state index in [0.29, 0.717) is 5.02 Å². The summed E-state index contributed by atoms with van der Waals surface area (Å²) in [6.07, 6.45) is 2.55. The van der Waals surface area contributed by atoms with E-state index in [4.69, 9.17) is 11.6 Å². The van der Waals surface area contributed by atoms with Crippen molar-refractivity contribution in [3.8, 4) is 0 Å². The van der Waals surface area contributed by atoms with Gasteiger partial charge in [-0.15, -0.1) is 6.58 Å². The van der Waals surface area contributed by atoms with E-state index in [1.54, 1.807) is 0 Å². The molecule has 1 N–H and O–H groups in total. The molecule has 4 heteroatoms. The molecule has 0 spiro atoms. The van der Waals surface area contributed by atoms with Gasteiger partial charge < -0.3 is 0 Å². The van der Waals surface area contributed by atoms with E-state index in [2.05, 4.69) is 11.3 Å². The minimum absolute atomic E-state index is 0.000162. The van der Waals surface area contributed by atoms with Crippen LogP contribution in [0.4, 0.5) is 0 Å². The lowest BCUT2D eigenvalue weighted by Crippen LogP contribution is -2.35. The van der Waals surface area contributed by atoms with Crippen molar-refractivity contribution in [2.75, 3.05) is 0 Å². The second kappa shape index (κ2) is 6.50. The summed E-state index contributed by atoms with van der Waals surface area (Å²) in [5, 5.41) is 0.702. The third kappa shape index (κ3) is 4.56. The van der Waals surface area contributed by atoms with Crippen LogP contribution in [0.1, 0.15) is 38.8 Å². The van der Waals surface area contributed by atoms with Crippen LogP contribution >= 0.6 is 11.6 Å². The maximum absolute atomic E-state index is 12.1. The lowest BCUT2D eigenvalue weighted by Gasteiger charge is -2.24. The van der Waals surface area contributed by atoms with Gasteiger partial charge in [-0.25, -0.2) is 8.93 Å². The summed E-state index contributed by atoms with van der Waals surface area (Å²) < 4.78 is 15.0. The van der Waals surface area contributed by atoms with Gasteiger partial charge in [0.15, 0.2) is 0 Å². The minimum atomic E-state index is -1.11. The topological polar surface area (TPSA) is 29.1 Å². The van der Waals surface area contributed by atoms with Crippen LogP contribution in [-0.2, 0) is 11.0 Å². The molecule has 0 aliphatic carbocycles. The van der Waals surface area contributed by atoms with Gasteiger partial charge in [-0.3, -0.25) is 0 Å². The zero-order valence-corrected chi connectivity index (χ0v) is 12.6. The molecule has 0 radical (unpaired) electrons. The molecule has 2 nitrogen and oxygen atoms in total. The maximum Gasteiger partial charge on any atom is 0.0976 e. The molecule has 0 bridgehead atoms. The van der Waals surface area contributed by atoms with Crippen molar-refractivity contribution in [3.05, 3.63) is 47.5 Å². The van der Waals surface area contributed by atoms with Crippen molar-refractivity contribution in [1.29, 1.82) is 0 Å². The Morgan fingerprint density at radius 1 is 1.39 bits per heavy atom. The van der Waals surface area contributed by atoms with Gasteiger partial charge in [0, 0.05) is 11.1 Å². The zero-order chi connectivity index (χ0) is 13.8. The Bertz CT molecular complexity index is 422. The lowest BCUT2D eigenvalue weighted by atomic mass is 10.1. The Balaban J connectivity index is 2.86. The average Bonchev–Trinajstić information content (AvgIpc) is 2.28. The standard InChI is InChI=1S/C14H20ClNOS/c1-5-6-13(16-18(17)14(2,3)4)11-7-9-12(15)10-8-11/h5,7-10,13,16H,1,6H2,2-4H3/t13-,18?/m1/s1. The molecule has 0 saturated carbocycles. The first-order valence-corrected chi connectivity index (χ1v) is 7.42. The van der Waals surface area contributed by atoms with Crippen molar-refractivity contribution >= 4 is 22.6 Å². The van der Waals surface area contributed by atoms with E-state index in [1.807, 2.05) is 51.1 Å². The van der Waals surface area contributed by atoms with E-state index in [-0.39, 0.29) is 10.8 Å². The molecule has 0 aliphatic heterocycles. The van der Waals surface area contributed by atoms with Crippen molar-refractivity contribution in [1.82, 2.24) is 4.72 Å². The van der Waals surface area contributed by atoms with E-state index in [1.165, 1.54) is 0 Å². The second-order valence-electron chi connectivity index (χ2n) is 5.13. The van der Waals surface area contributed by atoms with Gasteiger partial charge in [-0.1, -0.05) is 29.8 Å². The molecule has 1 unspecified atom stereocenters. The zero-order valence-electron chi connectivity index (χ0n) is 11.1. The first-order chi connectivity index (χ1) is 8.34. The fourth-order valence-electron chi connectivity index (χ4n) is 1.42. The molecule has 0 saturated heterocycles. The Kier molecular flexibility index (Phi) is 5.57. The summed E-state index contributed by atoms with van der Waals surface area (Å²) in [5.74, 6) is 0. The van der Waals surface area contributed by atoms with Crippen LogP contribution in [-0.4, -0.2) is 8.96 Å². The Morgan fingerprint density at radius 2 is 1.94 bits per heavy atom. The summed E-state index contributed by atoms with van der Waals surface area (Å²) >= 11 is 5.87. The Labute approximate surface area is 117 Å². The second-order valence-corrected chi connectivity index (χ2v) is 7.56. The van der Waals surface area contributed by atoms with Crippen LogP contribution in [0.2, 0.25) is 5.02 Å².